The third kappa shape index (κ3) is 6.35. The van der Waals surface area contributed by atoms with Crippen molar-refractivity contribution >= 4 is 51.5 Å². The van der Waals surface area contributed by atoms with Gasteiger partial charge in [0.15, 0.2) is 5.96 Å². The Balaban J connectivity index is 0.00000243. The lowest BCUT2D eigenvalue weighted by Gasteiger charge is -2.27. The molecule has 0 amide bonds. The van der Waals surface area contributed by atoms with Crippen LogP contribution in [0.1, 0.15) is 44.0 Å². The zero-order chi connectivity index (χ0) is 17.5. The summed E-state index contributed by atoms with van der Waals surface area (Å²) in [6.07, 6.45) is 5.64. The minimum Gasteiger partial charge on any atom is -0.393 e. The third-order valence-corrected chi connectivity index (χ3v) is 5.63. The van der Waals surface area contributed by atoms with Crippen LogP contribution in [0.5, 0.6) is 0 Å². The van der Waals surface area contributed by atoms with E-state index in [9.17, 15) is 5.11 Å². The summed E-state index contributed by atoms with van der Waals surface area (Å²) in [5, 5.41) is 17.6. The second-order valence-corrected chi connectivity index (χ2v) is 7.70. The van der Waals surface area contributed by atoms with Crippen LogP contribution in [0, 0.1) is 0 Å². The maximum atomic E-state index is 9.62. The quantitative estimate of drug-likeness (QED) is 0.251. The SMILES string of the molecule is CCNC(=NCCCc1nc2ccccc2s1)NC1CCC(O)CC1.I. The van der Waals surface area contributed by atoms with Gasteiger partial charge in [0.05, 0.1) is 21.3 Å². The molecule has 0 saturated heterocycles. The fraction of sp³-hybridized carbons (Fsp3) is 0.579. The number of nitrogens with zero attached hydrogens (tertiary/aromatic N) is 2. The van der Waals surface area contributed by atoms with Gasteiger partial charge in [-0.3, -0.25) is 4.99 Å². The summed E-state index contributed by atoms with van der Waals surface area (Å²) >= 11 is 1.78. The lowest BCUT2D eigenvalue weighted by Crippen LogP contribution is -2.45. The molecule has 0 aliphatic heterocycles. The van der Waals surface area contributed by atoms with Crippen molar-refractivity contribution in [2.45, 2.75) is 57.6 Å². The summed E-state index contributed by atoms with van der Waals surface area (Å²) < 4.78 is 1.26. The first-order chi connectivity index (χ1) is 12.2. The zero-order valence-electron chi connectivity index (χ0n) is 15.3. The Hall–Kier alpha value is -0.930. The van der Waals surface area contributed by atoms with Crippen molar-refractivity contribution in [1.82, 2.24) is 15.6 Å². The summed E-state index contributed by atoms with van der Waals surface area (Å²) in [6.45, 7) is 3.74. The number of thiazole rings is 1. The Bertz CT molecular complexity index is 665. The number of aliphatic hydroxyl groups excluding tert-OH is 1. The second kappa shape index (κ2) is 11.0. The number of benzene rings is 1. The van der Waals surface area contributed by atoms with Crippen molar-refractivity contribution in [2.75, 3.05) is 13.1 Å². The van der Waals surface area contributed by atoms with Crippen molar-refractivity contribution in [3.05, 3.63) is 29.3 Å². The number of halogens is 1. The number of aromatic nitrogens is 1. The Morgan fingerprint density at radius 1 is 1.27 bits per heavy atom. The van der Waals surface area contributed by atoms with Crippen molar-refractivity contribution in [2.24, 2.45) is 4.99 Å². The van der Waals surface area contributed by atoms with Gasteiger partial charge in [-0.15, -0.1) is 35.3 Å². The lowest BCUT2D eigenvalue weighted by molar-refractivity contribution is 0.120. The average Bonchev–Trinajstić information content (AvgIpc) is 3.03. The highest BCUT2D eigenvalue weighted by Crippen LogP contribution is 2.22. The number of nitrogens with one attached hydrogen (secondary N) is 2. The molecule has 0 spiro atoms. The van der Waals surface area contributed by atoms with E-state index in [4.69, 9.17) is 4.99 Å². The first kappa shape index (κ1) is 21.4. The van der Waals surface area contributed by atoms with Crippen LogP contribution < -0.4 is 10.6 Å². The largest absolute Gasteiger partial charge is 0.393 e. The number of fused-ring (bicyclic) bond motifs is 1. The molecule has 3 rings (SSSR count). The first-order valence-corrected chi connectivity index (χ1v) is 10.1. The van der Waals surface area contributed by atoms with Gasteiger partial charge >= 0.3 is 0 Å². The molecule has 144 valence electrons. The van der Waals surface area contributed by atoms with E-state index in [1.807, 2.05) is 6.07 Å². The van der Waals surface area contributed by atoms with Gasteiger partial charge in [-0.05, 0) is 51.2 Å². The smallest absolute Gasteiger partial charge is 0.191 e. The molecule has 0 unspecified atom stereocenters. The van der Waals surface area contributed by atoms with Gasteiger partial charge in [0.2, 0.25) is 0 Å². The molecule has 3 N–H and O–H groups in total. The summed E-state index contributed by atoms with van der Waals surface area (Å²) in [5.41, 5.74) is 1.10. The van der Waals surface area contributed by atoms with Crippen LogP contribution in [0.2, 0.25) is 0 Å². The van der Waals surface area contributed by atoms with E-state index in [-0.39, 0.29) is 30.1 Å². The predicted molar refractivity (Wildman–Crippen MR) is 121 cm³/mol. The van der Waals surface area contributed by atoms with Crippen LogP contribution in [-0.2, 0) is 6.42 Å². The molecule has 7 heteroatoms. The average molecular weight is 488 g/mol. The van der Waals surface area contributed by atoms with Gasteiger partial charge in [0.25, 0.3) is 0 Å². The molecule has 1 aromatic carbocycles. The molecule has 0 atom stereocenters. The minimum absolute atomic E-state index is 0. The Labute approximate surface area is 176 Å². The maximum absolute atomic E-state index is 9.62. The van der Waals surface area contributed by atoms with Crippen LogP contribution in [0.3, 0.4) is 0 Å². The van der Waals surface area contributed by atoms with Gasteiger partial charge in [-0.2, -0.15) is 0 Å². The fourth-order valence-electron chi connectivity index (χ4n) is 3.18. The summed E-state index contributed by atoms with van der Waals surface area (Å²) in [6, 6.07) is 8.72. The Morgan fingerprint density at radius 2 is 2.04 bits per heavy atom. The molecule has 1 heterocycles. The van der Waals surface area contributed by atoms with Gasteiger partial charge in [-0.1, -0.05) is 12.1 Å². The number of para-hydroxylation sites is 1. The maximum Gasteiger partial charge on any atom is 0.191 e. The van der Waals surface area contributed by atoms with E-state index in [2.05, 4.69) is 40.7 Å². The van der Waals surface area contributed by atoms with Gasteiger partial charge in [0.1, 0.15) is 0 Å². The van der Waals surface area contributed by atoms with Crippen LogP contribution in [-0.4, -0.2) is 41.3 Å². The van der Waals surface area contributed by atoms with Crippen LogP contribution in [0.25, 0.3) is 10.2 Å². The van der Waals surface area contributed by atoms with Gasteiger partial charge in [0, 0.05) is 25.6 Å². The van der Waals surface area contributed by atoms with Crippen LogP contribution in [0.15, 0.2) is 29.3 Å². The van der Waals surface area contributed by atoms with Crippen LogP contribution in [0.4, 0.5) is 0 Å². The van der Waals surface area contributed by atoms with Crippen LogP contribution >= 0.6 is 35.3 Å². The van der Waals surface area contributed by atoms with Crippen molar-refractivity contribution < 1.29 is 5.11 Å². The molecule has 26 heavy (non-hydrogen) atoms. The van der Waals surface area contributed by atoms with Gasteiger partial charge < -0.3 is 15.7 Å². The molecular weight excluding hydrogens is 459 g/mol. The molecule has 0 bridgehead atoms. The Morgan fingerprint density at radius 3 is 2.77 bits per heavy atom. The number of hydrogen-bond donors (Lipinski definition) is 3. The van der Waals surface area contributed by atoms with Crippen molar-refractivity contribution in [3.63, 3.8) is 0 Å². The van der Waals surface area contributed by atoms with E-state index < -0.39 is 0 Å². The first-order valence-electron chi connectivity index (χ1n) is 9.32. The molecule has 5 nitrogen and oxygen atoms in total. The summed E-state index contributed by atoms with van der Waals surface area (Å²) in [5.74, 6) is 0.896. The minimum atomic E-state index is -0.119. The molecule has 0 radical (unpaired) electrons. The third-order valence-electron chi connectivity index (χ3n) is 4.54. The van der Waals surface area contributed by atoms with E-state index in [1.165, 1.54) is 9.71 Å². The summed E-state index contributed by atoms with van der Waals surface area (Å²) in [7, 11) is 0. The highest BCUT2D eigenvalue weighted by molar-refractivity contribution is 14.0. The number of aliphatic hydroxyl groups is 1. The monoisotopic (exact) mass is 488 g/mol. The number of rotatable bonds is 6. The van der Waals surface area contributed by atoms with E-state index >= 15 is 0 Å². The highest BCUT2D eigenvalue weighted by Gasteiger charge is 2.19. The number of aliphatic imine (C=N–C) groups is 1. The van der Waals surface area contributed by atoms with Crippen molar-refractivity contribution in [3.8, 4) is 0 Å². The molecule has 1 aromatic heterocycles. The predicted octanol–water partition coefficient (Wildman–Crippen LogP) is 3.71. The fourth-order valence-corrected chi connectivity index (χ4v) is 4.19. The molecule has 1 saturated carbocycles. The molecular formula is C19H29IN4OS. The number of guanidine groups is 1. The normalized spacial score (nSPS) is 20.6. The summed E-state index contributed by atoms with van der Waals surface area (Å²) in [4.78, 5) is 9.39. The van der Waals surface area contributed by atoms with Gasteiger partial charge in [-0.25, -0.2) is 4.98 Å². The molecule has 1 fully saturated rings. The number of hydrogen-bond acceptors (Lipinski definition) is 4. The topological polar surface area (TPSA) is 69.5 Å². The molecule has 2 aromatic rings. The molecule has 1 aliphatic rings. The Kier molecular flexibility index (Phi) is 9.07. The highest BCUT2D eigenvalue weighted by atomic mass is 127. The van der Waals surface area contributed by atoms with Crippen molar-refractivity contribution in [1.29, 1.82) is 0 Å². The van der Waals surface area contributed by atoms with E-state index in [0.717, 1.165) is 63.1 Å². The van der Waals surface area contributed by atoms with E-state index in [0.29, 0.717) is 6.04 Å². The number of aryl methyl sites for hydroxylation is 1. The van der Waals surface area contributed by atoms with E-state index in [1.54, 1.807) is 11.3 Å². The molecule has 1 aliphatic carbocycles. The zero-order valence-corrected chi connectivity index (χ0v) is 18.4. The lowest BCUT2D eigenvalue weighted by atomic mass is 9.93. The standard InChI is InChI=1S/C19H28N4OS.HI/c1-2-20-19(22-14-9-11-15(24)12-10-14)21-13-5-8-18-23-16-6-3-4-7-17(16)25-18;/h3-4,6-7,14-15,24H,2,5,8-13H2,1H3,(H2,20,21,22);1H. The second-order valence-electron chi connectivity index (χ2n) is 6.59.